The molecule has 2 aromatic rings. The topological polar surface area (TPSA) is 62.3 Å². The molecule has 0 saturated carbocycles. The number of hydrogen-bond acceptors (Lipinski definition) is 5. The summed E-state index contributed by atoms with van der Waals surface area (Å²) in [4.78, 5) is 31.8. The summed E-state index contributed by atoms with van der Waals surface area (Å²) in [6.07, 6.45) is 1.73. The number of nitrogens with one attached hydrogen (secondary N) is 1. The van der Waals surface area contributed by atoms with E-state index in [0.29, 0.717) is 16.4 Å². The van der Waals surface area contributed by atoms with E-state index in [2.05, 4.69) is 22.2 Å². The number of hydrogen-bond donors (Lipinski definition) is 1. The van der Waals surface area contributed by atoms with Gasteiger partial charge in [-0.05, 0) is 56.6 Å². The molecule has 0 bridgehead atoms. The second kappa shape index (κ2) is 7.02. The van der Waals surface area contributed by atoms with Crippen LogP contribution in [0.2, 0.25) is 0 Å². The zero-order valence-corrected chi connectivity index (χ0v) is 13.8. The molecule has 23 heavy (non-hydrogen) atoms. The number of nitrogens with zero attached hydrogens (tertiary/aromatic N) is 2. The number of carbonyl (C=O) groups excluding carboxylic acids is 2. The molecule has 1 saturated heterocycles. The summed E-state index contributed by atoms with van der Waals surface area (Å²) in [5.41, 5.74) is 0.434. The van der Waals surface area contributed by atoms with Crippen LogP contribution in [-0.4, -0.2) is 41.7 Å². The number of carbonyl (C=O) groups is 2. The lowest BCUT2D eigenvalue weighted by Crippen LogP contribution is -2.33. The molecule has 5 nitrogen and oxygen atoms in total. The summed E-state index contributed by atoms with van der Waals surface area (Å²) in [6, 6.07) is 8.78. The van der Waals surface area contributed by atoms with Gasteiger partial charge >= 0.3 is 0 Å². The monoisotopic (exact) mass is 329 g/mol. The minimum absolute atomic E-state index is 0.0296. The van der Waals surface area contributed by atoms with Gasteiger partial charge in [-0.2, -0.15) is 0 Å². The number of piperidine rings is 1. The highest BCUT2D eigenvalue weighted by atomic mass is 32.1. The van der Waals surface area contributed by atoms with Crippen molar-refractivity contribution in [1.29, 1.82) is 0 Å². The lowest BCUT2D eigenvalue weighted by molar-refractivity contribution is 0.0851. The maximum atomic E-state index is 12.6. The van der Waals surface area contributed by atoms with Gasteiger partial charge in [0.1, 0.15) is 11.5 Å². The number of amides is 1. The largest absolute Gasteiger partial charge is 0.306 e. The Morgan fingerprint density at radius 3 is 2.70 bits per heavy atom. The van der Waals surface area contributed by atoms with Crippen LogP contribution in [0, 0.1) is 5.92 Å². The number of pyridine rings is 1. The van der Waals surface area contributed by atoms with Crippen molar-refractivity contribution in [3.63, 3.8) is 0 Å². The Labute approximate surface area is 139 Å². The average Bonchev–Trinajstić information content (AvgIpc) is 3.10. The van der Waals surface area contributed by atoms with Gasteiger partial charge in [0.15, 0.2) is 5.78 Å². The number of rotatable bonds is 4. The molecule has 1 aliphatic heterocycles. The van der Waals surface area contributed by atoms with E-state index in [1.54, 1.807) is 24.3 Å². The standard InChI is InChI=1S/C17H19N3O2S/c1-20-9-7-12(8-10-20)16(21)13-4-2-6-15(18-13)19-17(22)14-5-3-11-23-14/h2-6,11-12H,7-10H2,1H3,(H,18,19,22). The maximum absolute atomic E-state index is 12.6. The number of likely N-dealkylation sites (tertiary alicyclic amines) is 1. The summed E-state index contributed by atoms with van der Waals surface area (Å²) < 4.78 is 0. The molecule has 3 rings (SSSR count). The first-order chi connectivity index (χ1) is 11.1. The van der Waals surface area contributed by atoms with Gasteiger partial charge in [0.05, 0.1) is 4.88 Å². The molecule has 120 valence electrons. The smallest absolute Gasteiger partial charge is 0.266 e. The van der Waals surface area contributed by atoms with E-state index in [-0.39, 0.29) is 17.6 Å². The van der Waals surface area contributed by atoms with E-state index in [1.165, 1.54) is 11.3 Å². The van der Waals surface area contributed by atoms with Gasteiger partial charge in [0, 0.05) is 5.92 Å². The van der Waals surface area contributed by atoms with Gasteiger partial charge in [-0.3, -0.25) is 9.59 Å². The van der Waals surface area contributed by atoms with Crippen LogP contribution in [0.4, 0.5) is 5.82 Å². The fraction of sp³-hybridized carbons (Fsp3) is 0.353. The predicted molar refractivity (Wildman–Crippen MR) is 91.1 cm³/mol. The van der Waals surface area contributed by atoms with Crippen molar-refractivity contribution in [2.24, 2.45) is 5.92 Å². The Morgan fingerprint density at radius 1 is 1.22 bits per heavy atom. The van der Waals surface area contributed by atoms with Crippen molar-refractivity contribution < 1.29 is 9.59 Å². The third-order valence-electron chi connectivity index (χ3n) is 4.08. The Kier molecular flexibility index (Phi) is 4.83. The average molecular weight is 329 g/mol. The second-order valence-electron chi connectivity index (χ2n) is 5.78. The third-order valence-corrected chi connectivity index (χ3v) is 4.95. The van der Waals surface area contributed by atoms with E-state index >= 15 is 0 Å². The molecule has 1 fully saturated rings. The van der Waals surface area contributed by atoms with E-state index in [9.17, 15) is 9.59 Å². The Bertz CT molecular complexity index is 692. The lowest BCUT2D eigenvalue weighted by atomic mass is 9.91. The molecule has 1 amide bonds. The Morgan fingerprint density at radius 2 is 2.00 bits per heavy atom. The summed E-state index contributed by atoms with van der Waals surface area (Å²) >= 11 is 1.37. The van der Waals surface area contributed by atoms with Gasteiger partial charge < -0.3 is 10.2 Å². The van der Waals surface area contributed by atoms with E-state index in [4.69, 9.17) is 0 Å². The normalized spacial score (nSPS) is 16.2. The fourth-order valence-electron chi connectivity index (χ4n) is 2.71. The van der Waals surface area contributed by atoms with E-state index in [1.807, 2.05) is 11.4 Å². The summed E-state index contributed by atoms with van der Waals surface area (Å²) in [6.45, 7) is 1.87. The van der Waals surface area contributed by atoms with Crippen LogP contribution >= 0.6 is 11.3 Å². The molecular weight excluding hydrogens is 310 g/mol. The van der Waals surface area contributed by atoms with Crippen molar-refractivity contribution >= 4 is 28.8 Å². The summed E-state index contributed by atoms with van der Waals surface area (Å²) in [7, 11) is 2.07. The second-order valence-corrected chi connectivity index (χ2v) is 6.73. The van der Waals surface area contributed by atoms with Gasteiger partial charge in [0.2, 0.25) is 0 Å². The SMILES string of the molecule is CN1CCC(C(=O)c2cccc(NC(=O)c3cccs3)n2)CC1. The lowest BCUT2D eigenvalue weighted by Gasteiger charge is -2.27. The number of thiophene rings is 1. The highest BCUT2D eigenvalue weighted by Crippen LogP contribution is 2.21. The molecule has 0 atom stereocenters. The first-order valence-corrected chi connectivity index (χ1v) is 8.56. The summed E-state index contributed by atoms with van der Waals surface area (Å²) in [5, 5.41) is 4.60. The first-order valence-electron chi connectivity index (χ1n) is 7.68. The van der Waals surface area contributed by atoms with Crippen LogP contribution < -0.4 is 5.32 Å². The minimum Gasteiger partial charge on any atom is -0.306 e. The number of Topliss-reactive ketones (excluding diaryl/α,β-unsaturated/α-hetero) is 1. The zero-order chi connectivity index (χ0) is 16.2. The summed E-state index contributed by atoms with van der Waals surface area (Å²) in [5.74, 6) is 0.325. The van der Waals surface area contributed by atoms with Crippen molar-refractivity contribution in [3.05, 3.63) is 46.3 Å². The number of anilines is 1. The maximum Gasteiger partial charge on any atom is 0.266 e. The Balaban J connectivity index is 1.69. The van der Waals surface area contributed by atoms with E-state index < -0.39 is 0 Å². The van der Waals surface area contributed by atoms with Crippen LogP contribution in [0.15, 0.2) is 35.7 Å². The van der Waals surface area contributed by atoms with Gasteiger partial charge in [-0.25, -0.2) is 4.98 Å². The molecule has 1 N–H and O–H groups in total. The molecule has 6 heteroatoms. The molecule has 2 aromatic heterocycles. The van der Waals surface area contributed by atoms with Crippen molar-refractivity contribution in [2.45, 2.75) is 12.8 Å². The molecule has 0 unspecified atom stereocenters. The molecule has 0 aromatic carbocycles. The number of aromatic nitrogens is 1. The van der Waals surface area contributed by atoms with E-state index in [0.717, 1.165) is 25.9 Å². The first kappa shape index (κ1) is 15.8. The van der Waals surface area contributed by atoms with Crippen LogP contribution in [0.1, 0.15) is 33.0 Å². The molecule has 1 aliphatic rings. The van der Waals surface area contributed by atoms with Crippen LogP contribution in [0.25, 0.3) is 0 Å². The van der Waals surface area contributed by atoms with Crippen LogP contribution in [0.3, 0.4) is 0 Å². The van der Waals surface area contributed by atoms with Crippen molar-refractivity contribution in [3.8, 4) is 0 Å². The quantitative estimate of drug-likeness (QED) is 0.876. The third kappa shape index (κ3) is 3.83. The molecule has 0 spiro atoms. The van der Waals surface area contributed by atoms with Crippen molar-refractivity contribution in [2.75, 3.05) is 25.5 Å². The van der Waals surface area contributed by atoms with Gasteiger partial charge in [-0.1, -0.05) is 12.1 Å². The highest BCUT2D eigenvalue weighted by molar-refractivity contribution is 7.12. The highest BCUT2D eigenvalue weighted by Gasteiger charge is 2.25. The molecular formula is C17H19N3O2S. The van der Waals surface area contributed by atoms with Gasteiger partial charge in [0.25, 0.3) is 5.91 Å². The fourth-order valence-corrected chi connectivity index (χ4v) is 3.33. The number of ketones is 1. The Hall–Kier alpha value is -2.05. The van der Waals surface area contributed by atoms with Gasteiger partial charge in [-0.15, -0.1) is 11.3 Å². The molecule has 3 heterocycles. The zero-order valence-electron chi connectivity index (χ0n) is 13.0. The van der Waals surface area contributed by atoms with Crippen LogP contribution in [-0.2, 0) is 0 Å². The molecule has 0 radical (unpaired) electrons. The van der Waals surface area contributed by atoms with Crippen LogP contribution in [0.5, 0.6) is 0 Å². The minimum atomic E-state index is -0.198. The molecule has 0 aliphatic carbocycles. The predicted octanol–water partition coefficient (Wildman–Crippen LogP) is 2.92. The van der Waals surface area contributed by atoms with Crippen molar-refractivity contribution in [1.82, 2.24) is 9.88 Å².